The van der Waals surface area contributed by atoms with Crippen LogP contribution >= 0.6 is 0 Å². The number of aromatic amines is 1. The maximum atomic E-state index is 13.8. The maximum Gasteiger partial charge on any atom is 0.236 e. The standard InChI is InChI=1S/C64H64N8O4.C4H6N2.4C2H6O.Fe/c1-61(2,3)57(73)69-41-25-17-13-21-37(41)53-45-29-31-47(65-45)54(38-22-14-18-26-42(38)70-58(74)62(4,5)6)49-33-35-51(67-49)56(40-24-16-20-28-44(40)72-60(76)64(10,11)12)52-36-34-50(68-52)55(48-32-30-46(53)66-48)39-23-15-19-27-43(39)71-59(75)63(7,8)9;1-4-5-2-3-6-4;4*1-2-3;/h13-36H,1-12H3,(H,69,73)(H,70,74)(H,71,75)(H,72,76);2-3H,1H3,(H,5,6);4*3H,2H2,1H3;. The topological polar surface area (TPSA) is 282 Å². The molecule has 19 heteroatoms. The van der Waals surface area contributed by atoms with Crippen LogP contribution in [0.2, 0.25) is 0 Å². The molecule has 18 nitrogen and oxygen atoms in total. The van der Waals surface area contributed by atoms with Crippen LogP contribution in [0.25, 0.3) is 0 Å². The first-order valence-corrected chi connectivity index (χ1v) is 31.5. The number of benzene rings is 4. The zero-order chi connectivity index (χ0) is 69.7. The van der Waals surface area contributed by atoms with Crippen molar-refractivity contribution in [2.75, 3.05) is 47.7 Å². The molecular formula is C76H94FeN10O8. The number of nitrogens with one attached hydrogen (secondary N) is 5. The van der Waals surface area contributed by atoms with Crippen molar-refractivity contribution in [3.8, 4) is 0 Å². The molecule has 8 bridgehead atoms. The van der Waals surface area contributed by atoms with Crippen LogP contribution in [0.4, 0.5) is 22.7 Å². The van der Waals surface area contributed by atoms with E-state index in [0.717, 1.165) is 5.82 Å². The third-order valence-electron chi connectivity index (χ3n) is 13.7. The number of aromatic nitrogens is 6. The van der Waals surface area contributed by atoms with Gasteiger partial charge in [-0.05, 0) is 153 Å². The van der Waals surface area contributed by atoms with Gasteiger partial charge < -0.3 is 45.3 Å². The molecule has 0 saturated carbocycles. The normalized spacial score (nSPS) is 11.8. The first-order chi connectivity index (χ1) is 44.4. The van der Waals surface area contributed by atoms with Gasteiger partial charge in [0.25, 0.3) is 0 Å². The Hall–Kier alpha value is -9.07. The molecule has 4 amide bonds. The Kier molecular flexibility index (Phi) is 29.2. The molecule has 0 aliphatic carbocycles. The van der Waals surface area contributed by atoms with Crippen LogP contribution in [0.15, 0.2) is 158 Å². The molecule has 6 heterocycles. The molecule has 0 radical (unpaired) electrons. The van der Waals surface area contributed by atoms with E-state index in [-0.39, 0.29) is 67.1 Å². The number of amides is 4. The van der Waals surface area contributed by atoms with E-state index in [0.29, 0.717) is 114 Å². The van der Waals surface area contributed by atoms with Crippen LogP contribution in [0, 0.1) is 52.3 Å². The van der Waals surface area contributed by atoms with Gasteiger partial charge >= 0.3 is 0 Å². The number of imidazole rings is 1. The second-order valence-electron chi connectivity index (χ2n) is 25.8. The van der Waals surface area contributed by atoms with Crippen LogP contribution in [0.5, 0.6) is 0 Å². The van der Waals surface area contributed by atoms with Crippen molar-refractivity contribution in [2.45, 2.75) is 118 Å². The second-order valence-corrected chi connectivity index (χ2v) is 25.8. The Bertz CT molecular complexity index is 3290. The summed E-state index contributed by atoms with van der Waals surface area (Å²) in [7, 11) is 0. The van der Waals surface area contributed by atoms with Crippen LogP contribution in [-0.2, 0) is 36.2 Å². The van der Waals surface area contributed by atoms with Crippen molar-refractivity contribution < 1.29 is 56.7 Å². The monoisotopic (exact) mass is 1330 g/mol. The third-order valence-corrected chi connectivity index (χ3v) is 13.7. The van der Waals surface area contributed by atoms with E-state index >= 15 is 0 Å². The molecule has 0 spiro atoms. The molecule has 0 unspecified atom stereocenters. The van der Waals surface area contributed by atoms with Crippen molar-refractivity contribution >= 4 is 46.4 Å². The second kappa shape index (κ2) is 35.4. The van der Waals surface area contributed by atoms with E-state index in [2.05, 4.69) is 31.2 Å². The largest absolute Gasteiger partial charge is 0.628 e. The Balaban J connectivity index is 0.000000897. The van der Waals surface area contributed by atoms with Gasteiger partial charge in [-0.3, -0.25) is 40.4 Å². The van der Waals surface area contributed by atoms with Gasteiger partial charge in [-0.15, -0.1) is 0 Å². The molecule has 9 N–H and O–H groups in total. The fourth-order valence-electron chi connectivity index (χ4n) is 9.02. The number of hydrogen-bond donors (Lipinski definition) is 9. The van der Waals surface area contributed by atoms with Gasteiger partial charge in [-0.1, -0.05) is 83.1 Å². The van der Waals surface area contributed by atoms with E-state index in [1.165, 1.54) is 0 Å². The SMILES string of the molecule is CC(C)(C)C(=O)Nc1ccccc1[C+]1c2ccc([n-]2)[C+](c2ccccc2NC(=O)C(C)(C)C)c2ccc([n-]2)[C+](c2ccccc2NC(=O)C(C)(C)C)c2ccc([n-]2)[C+](c2ccccc2NC(=O)C(C)(C)C)c2ccc1[n-]2.CCO.CCO.CCO.CCO.Cc1ncc[nH]1.[Fe]. The van der Waals surface area contributed by atoms with E-state index in [4.69, 9.17) is 40.4 Å². The van der Waals surface area contributed by atoms with Gasteiger partial charge in [0, 0.05) is 174 Å². The maximum absolute atomic E-state index is 13.8. The van der Waals surface area contributed by atoms with Crippen LogP contribution < -0.4 is 41.2 Å². The number of aliphatic hydroxyl groups is 4. The van der Waals surface area contributed by atoms with E-state index in [1.54, 1.807) is 40.1 Å². The smallest absolute Gasteiger partial charge is 0.236 e. The Labute approximate surface area is 572 Å². The number of fused-ring (bicyclic) bond motifs is 8. The summed E-state index contributed by atoms with van der Waals surface area (Å²) >= 11 is 0. The van der Waals surface area contributed by atoms with E-state index in [9.17, 15) is 19.2 Å². The van der Waals surface area contributed by atoms with Crippen molar-refractivity contribution in [2.24, 2.45) is 21.7 Å². The average Bonchev–Trinajstić information content (AvgIpc) is 1.64. The van der Waals surface area contributed by atoms with E-state index < -0.39 is 21.7 Å². The van der Waals surface area contributed by atoms with Crippen LogP contribution in [0.3, 0.4) is 0 Å². The summed E-state index contributed by atoms with van der Waals surface area (Å²) < 4.78 is 0. The van der Waals surface area contributed by atoms with Gasteiger partial charge in [-0.25, -0.2) is 4.98 Å². The first kappa shape index (κ1) is 78.4. The molecule has 10 rings (SSSR count). The molecule has 0 fully saturated rings. The van der Waals surface area contributed by atoms with Gasteiger partial charge in [-0.2, -0.15) is 0 Å². The molecule has 1 aliphatic heterocycles. The summed E-state index contributed by atoms with van der Waals surface area (Å²) in [4.78, 5) is 83.7. The van der Waals surface area contributed by atoms with Crippen molar-refractivity contribution in [3.63, 3.8) is 0 Å². The Morgan fingerprint density at radius 1 is 0.368 bits per heavy atom. The summed E-state index contributed by atoms with van der Waals surface area (Å²) in [6, 6.07) is 46.1. The van der Waals surface area contributed by atoms with E-state index in [1.807, 2.05) is 236 Å². The molecule has 4 aromatic carbocycles. The fraction of sp³-hybridized carbons (Fsp3) is 0.329. The summed E-state index contributed by atoms with van der Waals surface area (Å²) in [5.74, 6) is 2.89. The average molecular weight is 1330 g/mol. The number of aryl methyl sites for hydroxylation is 1. The number of para-hydroxylation sites is 4. The fourth-order valence-corrected chi connectivity index (χ4v) is 9.02. The molecule has 1 aliphatic rings. The Morgan fingerprint density at radius 3 is 0.684 bits per heavy atom. The number of hydrogen-bond acceptors (Lipinski definition) is 9. The van der Waals surface area contributed by atoms with Crippen molar-refractivity contribution in [3.05, 3.63) is 255 Å². The van der Waals surface area contributed by atoms with Crippen molar-refractivity contribution in [1.82, 2.24) is 29.9 Å². The minimum absolute atomic E-state index is 0. The molecule has 95 heavy (non-hydrogen) atoms. The zero-order valence-electron chi connectivity index (χ0n) is 57.9. The van der Waals surface area contributed by atoms with Gasteiger partial charge in [0.2, 0.25) is 23.6 Å². The zero-order valence-corrected chi connectivity index (χ0v) is 59.0. The van der Waals surface area contributed by atoms with Gasteiger partial charge in [0.1, 0.15) is 50.8 Å². The summed E-state index contributed by atoms with van der Waals surface area (Å²) in [6.07, 6.45) is 3.53. The van der Waals surface area contributed by atoms with Crippen molar-refractivity contribution in [1.29, 1.82) is 0 Å². The number of H-pyrrole nitrogens is 1. The summed E-state index contributed by atoms with van der Waals surface area (Å²) in [6.45, 7) is 32.1. The minimum atomic E-state index is -0.703. The number of aliphatic hydroxyl groups excluding tert-OH is 4. The van der Waals surface area contributed by atoms with Gasteiger partial charge in [0.05, 0.1) is 0 Å². The summed E-state index contributed by atoms with van der Waals surface area (Å²) in [5, 5.41) is 43.1. The summed E-state index contributed by atoms with van der Waals surface area (Å²) in [5.41, 5.74) is 6.75. The Morgan fingerprint density at radius 2 is 0.547 bits per heavy atom. The predicted molar refractivity (Wildman–Crippen MR) is 374 cm³/mol. The number of nitrogens with zero attached hydrogens (tertiary/aromatic N) is 5. The predicted octanol–water partition coefficient (Wildman–Crippen LogP) is 12.6. The molecule has 504 valence electrons. The minimum Gasteiger partial charge on any atom is -0.628 e. The molecule has 0 saturated heterocycles. The van der Waals surface area contributed by atoms with Crippen LogP contribution in [0.1, 0.15) is 184 Å². The van der Waals surface area contributed by atoms with Gasteiger partial charge in [0.15, 0.2) is 0 Å². The number of carbonyl (C=O) groups is 4. The first-order valence-electron chi connectivity index (χ1n) is 31.5. The number of anilines is 4. The molecule has 0 atom stereocenters. The quantitative estimate of drug-likeness (QED) is 0.0506. The number of rotatable bonds is 8. The number of carbonyl (C=O) groups excluding carboxylic acids is 4. The molecular weight excluding hydrogens is 1240 g/mol. The third kappa shape index (κ3) is 21.2. The van der Waals surface area contributed by atoms with Crippen LogP contribution in [-0.4, -0.2) is 80.5 Å². The molecule has 9 aromatic rings. The molecule has 5 aromatic heterocycles.